The molecule has 7 aromatic carbocycles. The number of benzene rings is 7. The minimum Gasteiger partial charge on any atom is -0.310 e. The van der Waals surface area contributed by atoms with Crippen LogP contribution in [0.2, 0.25) is 0 Å². The van der Waals surface area contributed by atoms with Gasteiger partial charge in [-0.15, -0.1) is 0 Å². The Hall–Kier alpha value is -5.66. The molecule has 7 aromatic rings. The molecule has 4 fully saturated rings. The van der Waals surface area contributed by atoms with Crippen molar-refractivity contribution >= 4 is 17.1 Å². The Bertz CT molecular complexity index is 3130. The average molecular weight is 805 g/mol. The van der Waals surface area contributed by atoms with Gasteiger partial charge in [0, 0.05) is 17.1 Å². The summed E-state index contributed by atoms with van der Waals surface area (Å²) in [5.74, 6) is 5.79. The van der Waals surface area contributed by atoms with Crippen LogP contribution in [0.4, 0.5) is 17.1 Å². The van der Waals surface area contributed by atoms with Crippen molar-refractivity contribution in [1.29, 1.82) is 0 Å². The first kappa shape index (κ1) is 30.4. The summed E-state index contributed by atoms with van der Waals surface area (Å²) >= 11 is 0. The van der Waals surface area contributed by atoms with Gasteiger partial charge in [-0.3, -0.25) is 0 Å². The second kappa shape index (κ2) is 12.7. The van der Waals surface area contributed by atoms with Crippen LogP contribution in [0.1, 0.15) is 139 Å². The Balaban J connectivity index is 1.01. The monoisotopic (exact) mass is 804 g/mol. The molecule has 4 saturated carbocycles. The van der Waals surface area contributed by atoms with Gasteiger partial charge in [-0.05, 0) is 226 Å². The summed E-state index contributed by atoms with van der Waals surface area (Å²) in [5.41, 5.74) is 20.4. The summed E-state index contributed by atoms with van der Waals surface area (Å²) < 4.78 is 45.2. The van der Waals surface area contributed by atoms with Gasteiger partial charge < -0.3 is 4.90 Å². The van der Waals surface area contributed by atoms with Crippen LogP contribution in [-0.2, 0) is 5.41 Å². The number of anilines is 3. The van der Waals surface area contributed by atoms with Crippen molar-refractivity contribution in [2.75, 3.05) is 4.90 Å². The third-order valence-corrected chi connectivity index (χ3v) is 17.8. The summed E-state index contributed by atoms with van der Waals surface area (Å²) in [6, 6.07) is 43.8. The van der Waals surface area contributed by atoms with Crippen LogP contribution in [0, 0.1) is 23.7 Å². The maximum Gasteiger partial charge on any atom is 0.0726 e. The Morgan fingerprint density at radius 1 is 0.371 bits per heavy atom. The SMILES string of the molecule is [2H]c1c([2H])c([2H])c(N(c2ccc(-c3ccccc3)cc2)c2ccc3c(c2)C2(c4ccccc4-3)c3cc4c(cc3-c3cc5c(cc32)C2CC3CC(CC5C3)C2)C2CC3CC(C2)CC4C3)c([2H])c1[2H]. The minimum absolute atomic E-state index is 0.155. The molecule has 10 aliphatic carbocycles. The predicted octanol–water partition coefficient (Wildman–Crippen LogP) is 15.9. The zero-order valence-corrected chi connectivity index (χ0v) is 35.2. The van der Waals surface area contributed by atoms with Crippen LogP contribution in [0.15, 0.2) is 152 Å². The number of hydrogen-bond donors (Lipinski definition) is 0. The van der Waals surface area contributed by atoms with Crippen molar-refractivity contribution in [2.24, 2.45) is 23.7 Å². The molecule has 1 nitrogen and oxygen atoms in total. The molecular formula is C61H53N. The van der Waals surface area contributed by atoms with Gasteiger partial charge in [0.05, 0.1) is 12.3 Å². The highest BCUT2D eigenvalue weighted by Gasteiger charge is 2.55. The van der Waals surface area contributed by atoms with E-state index in [1.807, 2.05) is 35.2 Å². The van der Waals surface area contributed by atoms with Crippen LogP contribution >= 0.6 is 0 Å². The fraction of sp³-hybridized carbons (Fsp3) is 0.311. The van der Waals surface area contributed by atoms with Crippen molar-refractivity contribution in [3.8, 4) is 33.4 Å². The number of fused-ring (bicyclic) bond motifs is 10. The second-order valence-corrected chi connectivity index (χ2v) is 20.9. The summed E-state index contributed by atoms with van der Waals surface area (Å²) in [4.78, 5) is 1.93. The Morgan fingerprint density at radius 2 is 0.839 bits per heavy atom. The Morgan fingerprint density at radius 3 is 1.42 bits per heavy atom. The molecule has 8 bridgehead atoms. The number of rotatable bonds is 4. The fourth-order valence-electron chi connectivity index (χ4n) is 15.8. The molecule has 0 amide bonds. The molecule has 1 spiro atoms. The maximum atomic E-state index is 9.40. The van der Waals surface area contributed by atoms with E-state index in [2.05, 4.69) is 91.0 Å². The number of hydrogen-bond acceptors (Lipinski definition) is 1. The molecule has 4 atom stereocenters. The van der Waals surface area contributed by atoms with Gasteiger partial charge in [0.15, 0.2) is 0 Å². The van der Waals surface area contributed by atoms with Gasteiger partial charge in [0.2, 0.25) is 0 Å². The lowest BCUT2D eigenvalue weighted by Crippen LogP contribution is -2.27. The highest BCUT2D eigenvalue weighted by atomic mass is 15.1. The van der Waals surface area contributed by atoms with Crippen LogP contribution in [0.3, 0.4) is 0 Å². The second-order valence-electron chi connectivity index (χ2n) is 20.9. The van der Waals surface area contributed by atoms with E-state index in [1.165, 1.54) is 109 Å². The molecule has 0 aliphatic heterocycles. The van der Waals surface area contributed by atoms with E-state index in [-0.39, 0.29) is 35.9 Å². The van der Waals surface area contributed by atoms with Crippen LogP contribution in [0.5, 0.6) is 0 Å². The van der Waals surface area contributed by atoms with E-state index >= 15 is 0 Å². The molecule has 0 N–H and O–H groups in total. The van der Waals surface area contributed by atoms with Gasteiger partial charge in [0.25, 0.3) is 0 Å². The summed E-state index contributed by atoms with van der Waals surface area (Å²) in [6.07, 6.45) is 13.4. The van der Waals surface area contributed by atoms with Crippen molar-refractivity contribution in [3.05, 3.63) is 196 Å². The standard InChI is InChI=1S/C61H53N/c1-3-9-40(10-4-1)41-15-17-47(18-16-41)62(46-11-5-2-6-12-46)48-19-20-50-49-13-7-8-14-57(49)61(58(50)31-48)59-34-53-44-27-36-21-37(28-44)24-42(23-36)51(53)32-55(59)56-33-52-43-25-38-22-39(26-43)30-45(29-38)54(52)35-60(56)61/h1-20,31-39,42-45H,21-30H2/i2D,5D,6D,11D,12D. The Labute approximate surface area is 373 Å². The van der Waals surface area contributed by atoms with E-state index in [1.54, 1.807) is 22.3 Å². The van der Waals surface area contributed by atoms with Gasteiger partial charge in [0.1, 0.15) is 0 Å². The average Bonchev–Trinajstić information content (AvgIpc) is 3.65. The van der Waals surface area contributed by atoms with Crippen LogP contribution in [0.25, 0.3) is 33.4 Å². The first-order valence-corrected chi connectivity index (χ1v) is 23.8. The van der Waals surface area contributed by atoms with Crippen molar-refractivity contribution in [2.45, 2.75) is 93.3 Å². The fourth-order valence-corrected chi connectivity index (χ4v) is 15.8. The third-order valence-electron chi connectivity index (χ3n) is 17.8. The minimum atomic E-state index is -0.591. The molecule has 62 heavy (non-hydrogen) atoms. The van der Waals surface area contributed by atoms with E-state index < -0.39 is 5.41 Å². The molecule has 17 rings (SSSR count). The molecule has 0 saturated heterocycles. The highest BCUT2D eigenvalue weighted by Crippen LogP contribution is 2.67. The van der Waals surface area contributed by atoms with E-state index in [9.17, 15) is 2.74 Å². The first-order valence-electron chi connectivity index (χ1n) is 26.3. The van der Waals surface area contributed by atoms with Gasteiger partial charge >= 0.3 is 0 Å². The lowest BCUT2D eigenvalue weighted by atomic mass is 9.66. The molecule has 0 heterocycles. The molecule has 0 aromatic heterocycles. The van der Waals surface area contributed by atoms with Crippen molar-refractivity contribution in [1.82, 2.24) is 0 Å². The normalized spacial score (nSPS) is 30.5. The topological polar surface area (TPSA) is 3.24 Å². The van der Waals surface area contributed by atoms with Crippen molar-refractivity contribution < 1.29 is 6.85 Å². The lowest BCUT2D eigenvalue weighted by Gasteiger charge is -2.38. The van der Waals surface area contributed by atoms with Crippen LogP contribution in [-0.4, -0.2) is 0 Å². The maximum absolute atomic E-state index is 9.40. The largest absolute Gasteiger partial charge is 0.310 e. The molecule has 1 heteroatoms. The highest BCUT2D eigenvalue weighted by molar-refractivity contribution is 5.97. The predicted molar refractivity (Wildman–Crippen MR) is 254 cm³/mol. The van der Waals surface area contributed by atoms with Gasteiger partial charge in [-0.25, -0.2) is 0 Å². The summed E-state index contributed by atoms with van der Waals surface area (Å²) in [6.45, 7) is 0. The zero-order valence-electron chi connectivity index (χ0n) is 40.2. The lowest BCUT2D eigenvalue weighted by molar-refractivity contribution is 0.165. The molecule has 10 aliphatic rings. The third kappa shape index (κ3) is 4.75. The summed E-state index contributed by atoms with van der Waals surface area (Å²) in [5, 5.41) is 0. The zero-order chi connectivity index (χ0) is 44.6. The number of nitrogens with zero attached hydrogens (tertiary/aromatic N) is 1. The molecule has 4 unspecified atom stereocenters. The Kier molecular flexibility index (Phi) is 6.24. The van der Waals surface area contributed by atoms with E-state index in [0.29, 0.717) is 23.7 Å². The van der Waals surface area contributed by atoms with E-state index in [4.69, 9.17) is 4.11 Å². The van der Waals surface area contributed by atoms with E-state index in [0.717, 1.165) is 46.2 Å². The van der Waals surface area contributed by atoms with Crippen LogP contribution < -0.4 is 4.90 Å². The summed E-state index contributed by atoms with van der Waals surface area (Å²) in [7, 11) is 0. The van der Waals surface area contributed by atoms with Crippen molar-refractivity contribution in [3.63, 3.8) is 0 Å². The van der Waals surface area contributed by atoms with Gasteiger partial charge in [-0.2, -0.15) is 0 Å². The first-order chi connectivity index (χ1) is 32.7. The number of para-hydroxylation sites is 1. The van der Waals surface area contributed by atoms with Gasteiger partial charge in [-0.1, -0.05) is 115 Å². The molecule has 302 valence electrons. The molecular weight excluding hydrogens is 747 g/mol. The quantitative estimate of drug-likeness (QED) is 0.171. The molecule has 0 radical (unpaired) electrons. The smallest absolute Gasteiger partial charge is 0.0726 e.